The molecule has 2 aliphatic heterocycles. The Morgan fingerprint density at radius 3 is 2.52 bits per heavy atom. The van der Waals surface area contributed by atoms with E-state index in [1.165, 1.54) is 11.9 Å². The number of phenols is 1. The fourth-order valence-corrected chi connectivity index (χ4v) is 5.00. The molecule has 2 N–H and O–H groups in total. The molecule has 2 heterocycles. The second-order valence-corrected chi connectivity index (χ2v) is 7.50. The van der Waals surface area contributed by atoms with Crippen LogP contribution in [-0.2, 0) is 14.3 Å². The fourth-order valence-electron chi connectivity index (χ4n) is 5.00. The number of fused-ring (bicyclic) bond motifs is 3. The van der Waals surface area contributed by atoms with Crippen molar-refractivity contribution < 1.29 is 24.5 Å². The monoisotopic (exact) mass is 345 g/mol. The molecule has 4 rings (SSSR count). The lowest BCUT2D eigenvalue weighted by atomic mass is 9.64. The molecule has 2 amide bonds. The van der Waals surface area contributed by atoms with Gasteiger partial charge in [0.2, 0.25) is 11.8 Å². The van der Waals surface area contributed by atoms with Gasteiger partial charge in [-0.1, -0.05) is 19.1 Å². The number of benzene rings is 1. The van der Waals surface area contributed by atoms with Gasteiger partial charge in [0.25, 0.3) is 0 Å². The van der Waals surface area contributed by atoms with Crippen molar-refractivity contribution in [2.24, 2.45) is 23.7 Å². The standard InChI is InChI=1S/C19H23NO5/c1-3-11-8-13-16(18(23)20(2)17(13)22)14-9-15(25-19(11,14)24)10-4-6-12(21)7-5-10/h4-7,11,13-16,21,24H,3,8-9H2,1-2H3/t11-,13-,14-,15-,16-,19+/m0/s1. The van der Waals surface area contributed by atoms with Gasteiger partial charge in [0.15, 0.2) is 5.79 Å². The van der Waals surface area contributed by atoms with Gasteiger partial charge in [0, 0.05) is 18.9 Å². The molecule has 3 fully saturated rings. The lowest BCUT2D eigenvalue weighted by Crippen LogP contribution is -2.53. The Morgan fingerprint density at radius 1 is 1.20 bits per heavy atom. The molecule has 1 saturated carbocycles. The number of carbonyl (C=O) groups excluding carboxylic acids is 2. The zero-order valence-corrected chi connectivity index (χ0v) is 14.4. The van der Waals surface area contributed by atoms with E-state index in [1.807, 2.05) is 6.92 Å². The van der Waals surface area contributed by atoms with Gasteiger partial charge in [-0.15, -0.1) is 0 Å². The number of hydrogen-bond donors (Lipinski definition) is 2. The minimum absolute atomic E-state index is 0.136. The van der Waals surface area contributed by atoms with Crippen molar-refractivity contribution in [1.82, 2.24) is 4.90 Å². The Balaban J connectivity index is 1.71. The summed E-state index contributed by atoms with van der Waals surface area (Å²) in [5.74, 6) is -2.99. The van der Waals surface area contributed by atoms with E-state index in [0.29, 0.717) is 19.3 Å². The second kappa shape index (κ2) is 5.54. The SMILES string of the molecule is CC[C@H]1C[C@@H]2C(=O)N(C)C(=O)[C@@H]2[C@@H]2C[C@@H](c3ccc(O)cc3)O[C@]12O. The first-order chi connectivity index (χ1) is 11.9. The van der Waals surface area contributed by atoms with Crippen LogP contribution in [0, 0.1) is 23.7 Å². The summed E-state index contributed by atoms with van der Waals surface area (Å²) in [6.07, 6.45) is 1.30. The molecule has 0 bridgehead atoms. The zero-order valence-electron chi connectivity index (χ0n) is 14.4. The highest BCUT2D eigenvalue weighted by Crippen LogP contribution is 2.58. The number of rotatable bonds is 2. The van der Waals surface area contributed by atoms with Crippen molar-refractivity contribution in [3.8, 4) is 5.75 Å². The normalized spacial score (nSPS) is 40.3. The van der Waals surface area contributed by atoms with Crippen LogP contribution in [-0.4, -0.2) is 39.8 Å². The van der Waals surface area contributed by atoms with Crippen LogP contribution in [0.2, 0.25) is 0 Å². The van der Waals surface area contributed by atoms with E-state index < -0.39 is 17.6 Å². The summed E-state index contributed by atoms with van der Waals surface area (Å²) in [7, 11) is 1.52. The first-order valence-corrected chi connectivity index (χ1v) is 8.87. The summed E-state index contributed by atoms with van der Waals surface area (Å²) in [4.78, 5) is 26.3. The summed E-state index contributed by atoms with van der Waals surface area (Å²) in [6.45, 7) is 1.97. The summed E-state index contributed by atoms with van der Waals surface area (Å²) >= 11 is 0. The summed E-state index contributed by atoms with van der Waals surface area (Å²) < 4.78 is 6.10. The average Bonchev–Trinajstić information content (AvgIpc) is 3.05. The topological polar surface area (TPSA) is 87.1 Å². The number of amides is 2. The highest BCUT2D eigenvalue weighted by molar-refractivity contribution is 6.05. The Bertz CT molecular complexity index is 717. The minimum Gasteiger partial charge on any atom is -0.508 e. The molecule has 0 radical (unpaired) electrons. The maximum Gasteiger partial charge on any atom is 0.233 e. The molecule has 6 atom stereocenters. The molecule has 0 aromatic heterocycles. The van der Waals surface area contributed by atoms with Crippen molar-refractivity contribution >= 4 is 11.8 Å². The lowest BCUT2D eigenvalue weighted by Gasteiger charge is -2.44. The van der Waals surface area contributed by atoms with Crippen molar-refractivity contribution in [3.05, 3.63) is 29.8 Å². The number of phenolic OH excluding ortho intramolecular Hbond substituents is 1. The Morgan fingerprint density at radius 2 is 1.88 bits per heavy atom. The smallest absolute Gasteiger partial charge is 0.233 e. The third-order valence-corrected chi connectivity index (χ3v) is 6.34. The third kappa shape index (κ3) is 2.24. The van der Waals surface area contributed by atoms with E-state index in [1.54, 1.807) is 24.3 Å². The maximum absolute atomic E-state index is 12.6. The summed E-state index contributed by atoms with van der Waals surface area (Å²) in [5, 5.41) is 20.8. The van der Waals surface area contributed by atoms with Crippen molar-refractivity contribution in [2.45, 2.75) is 38.1 Å². The van der Waals surface area contributed by atoms with Gasteiger partial charge in [-0.25, -0.2) is 0 Å². The number of aliphatic hydroxyl groups is 1. The Kier molecular flexibility index (Phi) is 3.67. The van der Waals surface area contributed by atoms with E-state index in [4.69, 9.17) is 4.74 Å². The first kappa shape index (κ1) is 16.5. The van der Waals surface area contributed by atoms with Gasteiger partial charge in [-0.3, -0.25) is 14.5 Å². The molecule has 2 saturated heterocycles. The van der Waals surface area contributed by atoms with Crippen molar-refractivity contribution in [2.75, 3.05) is 7.05 Å². The van der Waals surface area contributed by atoms with Gasteiger partial charge >= 0.3 is 0 Å². The van der Waals surface area contributed by atoms with E-state index in [9.17, 15) is 19.8 Å². The molecule has 1 aliphatic carbocycles. The highest BCUT2D eigenvalue weighted by atomic mass is 16.6. The molecule has 6 nitrogen and oxygen atoms in total. The van der Waals surface area contributed by atoms with Gasteiger partial charge in [-0.05, 0) is 37.0 Å². The van der Waals surface area contributed by atoms with Crippen molar-refractivity contribution in [1.29, 1.82) is 0 Å². The quantitative estimate of drug-likeness (QED) is 0.799. The van der Waals surface area contributed by atoms with E-state index >= 15 is 0 Å². The molecule has 1 aromatic carbocycles. The zero-order chi connectivity index (χ0) is 17.9. The van der Waals surface area contributed by atoms with Crippen LogP contribution in [0.15, 0.2) is 24.3 Å². The first-order valence-electron chi connectivity index (χ1n) is 8.87. The number of hydrogen-bond acceptors (Lipinski definition) is 5. The van der Waals surface area contributed by atoms with Crippen LogP contribution in [0.3, 0.4) is 0 Å². The second-order valence-electron chi connectivity index (χ2n) is 7.50. The predicted octanol–water partition coefficient (Wildman–Crippen LogP) is 1.82. The summed E-state index contributed by atoms with van der Waals surface area (Å²) in [6, 6.07) is 6.71. The molecular weight excluding hydrogens is 322 g/mol. The molecule has 3 aliphatic rings. The molecule has 0 unspecified atom stereocenters. The number of nitrogens with zero attached hydrogens (tertiary/aromatic N) is 1. The lowest BCUT2D eigenvalue weighted by molar-refractivity contribution is -0.269. The van der Waals surface area contributed by atoms with Crippen LogP contribution in [0.25, 0.3) is 0 Å². The van der Waals surface area contributed by atoms with Gasteiger partial charge < -0.3 is 14.9 Å². The average molecular weight is 345 g/mol. The highest BCUT2D eigenvalue weighted by Gasteiger charge is 2.65. The number of carbonyl (C=O) groups is 2. The Hall–Kier alpha value is -1.92. The van der Waals surface area contributed by atoms with E-state index in [2.05, 4.69) is 0 Å². The number of aromatic hydroxyl groups is 1. The maximum atomic E-state index is 12.6. The molecule has 25 heavy (non-hydrogen) atoms. The van der Waals surface area contributed by atoms with Crippen molar-refractivity contribution in [3.63, 3.8) is 0 Å². The summed E-state index contributed by atoms with van der Waals surface area (Å²) in [5.41, 5.74) is 0.858. The number of ether oxygens (including phenoxy) is 1. The predicted molar refractivity (Wildman–Crippen MR) is 88.1 cm³/mol. The molecular formula is C19H23NO5. The van der Waals surface area contributed by atoms with Crippen LogP contribution in [0.4, 0.5) is 0 Å². The van der Waals surface area contributed by atoms with E-state index in [-0.39, 0.29) is 35.5 Å². The largest absolute Gasteiger partial charge is 0.508 e. The van der Waals surface area contributed by atoms with Gasteiger partial charge in [0.1, 0.15) is 5.75 Å². The number of likely N-dealkylation sites (tertiary alicyclic amines) is 1. The van der Waals surface area contributed by atoms with Gasteiger partial charge in [-0.2, -0.15) is 0 Å². The fraction of sp³-hybridized carbons (Fsp3) is 0.579. The minimum atomic E-state index is -1.39. The van der Waals surface area contributed by atoms with Crippen LogP contribution in [0.5, 0.6) is 5.75 Å². The molecule has 6 heteroatoms. The van der Waals surface area contributed by atoms with Crippen LogP contribution < -0.4 is 0 Å². The van der Waals surface area contributed by atoms with Gasteiger partial charge in [0.05, 0.1) is 17.9 Å². The van der Waals surface area contributed by atoms with E-state index in [0.717, 1.165) is 5.56 Å². The van der Waals surface area contributed by atoms with Crippen LogP contribution >= 0.6 is 0 Å². The Labute approximate surface area is 146 Å². The number of imide groups is 1. The molecule has 0 spiro atoms. The molecule has 134 valence electrons. The third-order valence-electron chi connectivity index (χ3n) is 6.34. The molecule has 1 aromatic rings. The van der Waals surface area contributed by atoms with Crippen LogP contribution in [0.1, 0.15) is 37.9 Å².